The Hall–Kier alpha value is -2.38. The van der Waals surface area contributed by atoms with Gasteiger partial charge in [0.05, 0.1) is 4.88 Å². The van der Waals surface area contributed by atoms with Gasteiger partial charge >= 0.3 is 5.97 Å². The zero-order chi connectivity index (χ0) is 17.1. The Morgan fingerprint density at radius 3 is 2.58 bits per heavy atom. The van der Waals surface area contributed by atoms with E-state index in [0.29, 0.717) is 0 Å². The smallest absolute Gasteiger partial charge is 0.358 e. The number of carbonyl (C=O) groups is 2. The van der Waals surface area contributed by atoms with Gasteiger partial charge in [-0.05, 0) is 42.6 Å². The average Bonchev–Trinajstić information content (AvgIpc) is 3.26. The third kappa shape index (κ3) is 3.58. The Labute approximate surface area is 145 Å². The molecule has 1 aromatic carbocycles. The summed E-state index contributed by atoms with van der Waals surface area (Å²) < 4.78 is 18.1. The molecule has 1 atom stereocenters. The molecule has 4 nitrogen and oxygen atoms in total. The summed E-state index contributed by atoms with van der Waals surface area (Å²) >= 11 is 2.87. The fraction of sp³-hybridized carbons (Fsp3) is 0.118. The van der Waals surface area contributed by atoms with E-state index in [1.165, 1.54) is 53.9 Å². The molecule has 0 N–H and O–H groups in total. The predicted molar refractivity (Wildman–Crippen MR) is 91.0 cm³/mol. The maximum Gasteiger partial charge on any atom is 0.358 e. The van der Waals surface area contributed by atoms with E-state index < -0.39 is 23.7 Å². The number of carbonyl (C=O) groups excluding carboxylic acids is 2. The Bertz CT molecular complexity index is 856. The molecule has 0 spiro atoms. The summed E-state index contributed by atoms with van der Waals surface area (Å²) in [4.78, 5) is 29.5. The van der Waals surface area contributed by atoms with E-state index in [4.69, 9.17) is 4.74 Å². The lowest BCUT2D eigenvalue weighted by molar-refractivity contribution is 0.0314. The SMILES string of the molecule is C[C@@H](OC(=O)c1csc(-c2cccs2)n1)C(=O)c1ccc(F)cc1. The van der Waals surface area contributed by atoms with Gasteiger partial charge in [0.2, 0.25) is 5.78 Å². The van der Waals surface area contributed by atoms with Gasteiger partial charge in [-0.1, -0.05) is 6.07 Å². The molecule has 24 heavy (non-hydrogen) atoms. The normalized spacial score (nSPS) is 11.9. The maximum absolute atomic E-state index is 12.9. The van der Waals surface area contributed by atoms with Crippen LogP contribution < -0.4 is 0 Å². The van der Waals surface area contributed by atoms with Gasteiger partial charge in [-0.2, -0.15) is 0 Å². The molecule has 3 rings (SSSR count). The first kappa shape index (κ1) is 16.5. The molecule has 0 saturated carbocycles. The summed E-state index contributed by atoms with van der Waals surface area (Å²) in [5.74, 6) is -1.48. The average molecular weight is 361 g/mol. The number of rotatable bonds is 5. The number of benzene rings is 1. The van der Waals surface area contributed by atoms with E-state index in [0.717, 1.165) is 9.88 Å². The second-order valence-electron chi connectivity index (χ2n) is 4.93. The Kier molecular flexibility index (Phi) is 4.82. The highest BCUT2D eigenvalue weighted by atomic mass is 32.1. The third-order valence-corrected chi connectivity index (χ3v) is 5.11. The van der Waals surface area contributed by atoms with Crippen molar-refractivity contribution in [3.63, 3.8) is 0 Å². The van der Waals surface area contributed by atoms with E-state index in [1.54, 1.807) is 5.38 Å². The van der Waals surface area contributed by atoms with Crippen molar-refractivity contribution in [2.75, 3.05) is 0 Å². The van der Waals surface area contributed by atoms with Crippen molar-refractivity contribution in [2.45, 2.75) is 13.0 Å². The molecule has 0 radical (unpaired) electrons. The lowest BCUT2D eigenvalue weighted by Gasteiger charge is -2.11. The fourth-order valence-electron chi connectivity index (χ4n) is 2.00. The number of halogens is 1. The Morgan fingerprint density at radius 2 is 1.92 bits per heavy atom. The molecule has 2 aromatic heterocycles. The maximum atomic E-state index is 12.9. The number of nitrogens with zero attached hydrogens (tertiary/aromatic N) is 1. The summed E-state index contributed by atoms with van der Waals surface area (Å²) in [6.45, 7) is 1.48. The number of aromatic nitrogens is 1. The molecule has 122 valence electrons. The van der Waals surface area contributed by atoms with Crippen LogP contribution in [0.3, 0.4) is 0 Å². The minimum absolute atomic E-state index is 0.169. The number of esters is 1. The minimum atomic E-state index is -0.977. The van der Waals surface area contributed by atoms with Crippen LogP contribution in [0.25, 0.3) is 9.88 Å². The topological polar surface area (TPSA) is 56.3 Å². The van der Waals surface area contributed by atoms with E-state index in [9.17, 15) is 14.0 Å². The largest absolute Gasteiger partial charge is 0.450 e. The number of thiophene rings is 1. The summed E-state index contributed by atoms with van der Waals surface area (Å²) in [6.07, 6.45) is -0.977. The molecule has 0 amide bonds. The minimum Gasteiger partial charge on any atom is -0.450 e. The third-order valence-electron chi connectivity index (χ3n) is 3.23. The quantitative estimate of drug-likeness (QED) is 0.498. The molecule has 7 heteroatoms. The van der Waals surface area contributed by atoms with Crippen LogP contribution in [0.5, 0.6) is 0 Å². The first-order chi connectivity index (χ1) is 11.5. The highest BCUT2D eigenvalue weighted by molar-refractivity contribution is 7.20. The van der Waals surface area contributed by atoms with Crippen LogP contribution in [0.2, 0.25) is 0 Å². The van der Waals surface area contributed by atoms with Crippen LogP contribution in [0.15, 0.2) is 47.2 Å². The molecule has 0 saturated heterocycles. The first-order valence-corrected chi connectivity index (χ1v) is 8.80. The van der Waals surface area contributed by atoms with Gasteiger partial charge in [0.1, 0.15) is 10.8 Å². The molecule has 0 aliphatic carbocycles. The monoisotopic (exact) mass is 361 g/mol. The lowest BCUT2D eigenvalue weighted by atomic mass is 10.1. The summed E-state index contributed by atoms with van der Waals surface area (Å²) in [7, 11) is 0. The Balaban J connectivity index is 1.68. The molecule has 0 bridgehead atoms. The molecule has 3 aromatic rings. The van der Waals surface area contributed by atoms with E-state index >= 15 is 0 Å². The van der Waals surface area contributed by atoms with Crippen molar-refractivity contribution in [1.82, 2.24) is 4.98 Å². The van der Waals surface area contributed by atoms with Gasteiger partial charge in [-0.25, -0.2) is 14.2 Å². The number of ketones is 1. The first-order valence-electron chi connectivity index (χ1n) is 7.05. The van der Waals surface area contributed by atoms with Gasteiger partial charge in [-0.3, -0.25) is 4.79 Å². The standard InChI is InChI=1S/C17H12FNO3S2/c1-10(15(20)11-4-6-12(18)7-5-11)22-17(21)13-9-24-16(19-13)14-3-2-8-23-14/h2-10H,1H3/t10-/m1/s1. The molecular formula is C17H12FNO3S2. The number of hydrogen-bond donors (Lipinski definition) is 0. The molecule has 0 unspecified atom stereocenters. The molecule has 0 fully saturated rings. The van der Waals surface area contributed by atoms with Gasteiger partial charge in [0.15, 0.2) is 11.8 Å². The van der Waals surface area contributed by atoms with Gasteiger partial charge in [0.25, 0.3) is 0 Å². The lowest BCUT2D eigenvalue weighted by Crippen LogP contribution is -2.24. The van der Waals surface area contributed by atoms with Gasteiger partial charge < -0.3 is 4.74 Å². The highest BCUT2D eigenvalue weighted by Crippen LogP contribution is 2.28. The van der Waals surface area contributed by atoms with Crippen molar-refractivity contribution in [3.05, 3.63) is 64.2 Å². The van der Waals surface area contributed by atoms with Crippen LogP contribution in [0.4, 0.5) is 4.39 Å². The van der Waals surface area contributed by atoms with E-state index in [2.05, 4.69) is 4.98 Å². The van der Waals surface area contributed by atoms with Crippen molar-refractivity contribution in [3.8, 4) is 9.88 Å². The van der Waals surface area contributed by atoms with Crippen LogP contribution in [-0.2, 0) is 4.74 Å². The molecular weight excluding hydrogens is 349 g/mol. The number of Topliss-reactive ketones (excluding diaryl/α,β-unsaturated/α-hetero) is 1. The fourth-order valence-corrected chi connectivity index (χ4v) is 3.61. The molecule has 0 aliphatic rings. The second-order valence-corrected chi connectivity index (χ2v) is 6.74. The summed E-state index contributed by atoms with van der Waals surface area (Å²) in [6, 6.07) is 8.92. The zero-order valence-corrected chi connectivity index (χ0v) is 14.2. The molecule has 2 heterocycles. The van der Waals surface area contributed by atoms with Crippen molar-refractivity contribution in [2.24, 2.45) is 0 Å². The number of ether oxygens (including phenoxy) is 1. The van der Waals surface area contributed by atoms with Crippen LogP contribution in [0, 0.1) is 5.82 Å². The van der Waals surface area contributed by atoms with Crippen LogP contribution >= 0.6 is 22.7 Å². The number of hydrogen-bond acceptors (Lipinski definition) is 6. The highest BCUT2D eigenvalue weighted by Gasteiger charge is 2.22. The Morgan fingerprint density at radius 1 is 1.17 bits per heavy atom. The van der Waals surface area contributed by atoms with Crippen molar-refractivity contribution < 1.29 is 18.7 Å². The second kappa shape index (κ2) is 7.02. The number of thiazole rings is 1. The van der Waals surface area contributed by atoms with Crippen LogP contribution in [0.1, 0.15) is 27.8 Å². The summed E-state index contributed by atoms with van der Waals surface area (Å²) in [5, 5.41) is 4.26. The zero-order valence-electron chi connectivity index (χ0n) is 12.6. The van der Waals surface area contributed by atoms with Gasteiger partial charge in [-0.15, -0.1) is 22.7 Å². The van der Waals surface area contributed by atoms with Gasteiger partial charge in [0, 0.05) is 10.9 Å². The molecule has 0 aliphatic heterocycles. The van der Waals surface area contributed by atoms with E-state index in [1.807, 2.05) is 17.5 Å². The predicted octanol–water partition coefficient (Wildman–Crippen LogP) is 4.44. The van der Waals surface area contributed by atoms with E-state index in [-0.39, 0.29) is 11.3 Å². The van der Waals surface area contributed by atoms with Crippen LogP contribution in [-0.4, -0.2) is 22.8 Å². The van der Waals surface area contributed by atoms with Crippen molar-refractivity contribution in [1.29, 1.82) is 0 Å². The summed E-state index contributed by atoms with van der Waals surface area (Å²) in [5.41, 5.74) is 0.455. The van der Waals surface area contributed by atoms with Crippen molar-refractivity contribution >= 4 is 34.4 Å².